The lowest BCUT2D eigenvalue weighted by molar-refractivity contribution is 0.343. The van der Waals surface area contributed by atoms with E-state index in [1.54, 1.807) is 24.4 Å². The minimum absolute atomic E-state index is 0.0112. The first-order chi connectivity index (χ1) is 16.6. The summed E-state index contributed by atoms with van der Waals surface area (Å²) in [7, 11) is 0. The smallest absolute Gasteiger partial charge is 0.185 e. The molecule has 2 aromatic heterocycles. The van der Waals surface area contributed by atoms with Crippen molar-refractivity contribution in [3.8, 4) is 28.3 Å². The summed E-state index contributed by atoms with van der Waals surface area (Å²) in [6, 6.07) is 8.91. The first-order valence-electron chi connectivity index (χ1n) is 11.9. The summed E-state index contributed by atoms with van der Waals surface area (Å²) in [6.45, 7) is 0. The van der Waals surface area contributed by atoms with Crippen molar-refractivity contribution in [2.45, 2.75) is 67.7 Å². The van der Waals surface area contributed by atoms with Crippen LogP contribution in [0.2, 0.25) is 0 Å². The monoisotopic (exact) mass is 478 g/mol. The number of rotatable bonds is 6. The van der Waals surface area contributed by atoms with Gasteiger partial charge >= 0.3 is 0 Å². The van der Waals surface area contributed by atoms with E-state index < -0.39 is 5.82 Å². The van der Waals surface area contributed by atoms with E-state index in [0.717, 1.165) is 18.7 Å². The molecule has 3 aliphatic rings. The number of phenols is 1. The van der Waals surface area contributed by atoms with E-state index in [1.807, 2.05) is 6.26 Å². The average Bonchev–Trinajstić information content (AvgIpc) is 3.63. The minimum Gasteiger partial charge on any atom is -0.507 e. The number of phenolic OH excluding ortho intramolecular Hbond substituents is 1. The summed E-state index contributed by atoms with van der Waals surface area (Å²) >= 11 is 1.44. The molecule has 1 saturated carbocycles. The number of aromatic hydroxyl groups is 1. The molecule has 9 heteroatoms. The maximum Gasteiger partial charge on any atom is 0.185 e. The Morgan fingerprint density at radius 3 is 2.41 bits per heavy atom. The molecule has 1 unspecified atom stereocenters. The predicted molar refractivity (Wildman–Crippen MR) is 130 cm³/mol. The summed E-state index contributed by atoms with van der Waals surface area (Å²) in [5.41, 5.74) is 1.44. The molecule has 6 rings (SSSR count). The molecule has 0 spiro atoms. The summed E-state index contributed by atoms with van der Waals surface area (Å²) in [6.07, 6.45) is 12.1. The van der Waals surface area contributed by atoms with E-state index in [2.05, 4.69) is 30.4 Å². The molecule has 3 fully saturated rings. The van der Waals surface area contributed by atoms with Gasteiger partial charge in [0.25, 0.3) is 0 Å². The summed E-state index contributed by atoms with van der Waals surface area (Å²) < 4.78 is 14.3. The number of nitrogens with one attached hydrogen (secondary N) is 1. The highest BCUT2D eigenvalue weighted by Gasteiger charge is 2.41. The number of aromatic nitrogens is 4. The van der Waals surface area contributed by atoms with Crippen LogP contribution in [0.5, 0.6) is 5.75 Å². The highest BCUT2D eigenvalue weighted by Crippen LogP contribution is 2.39. The predicted octanol–water partition coefficient (Wildman–Crippen LogP) is 4.42. The van der Waals surface area contributed by atoms with Crippen molar-refractivity contribution in [1.29, 1.82) is 0 Å². The molecule has 7 nitrogen and oxygen atoms in total. The summed E-state index contributed by atoms with van der Waals surface area (Å²) in [5.74, 6) is 0.729. The van der Waals surface area contributed by atoms with Gasteiger partial charge in [0.2, 0.25) is 0 Å². The molecule has 2 aliphatic heterocycles. The van der Waals surface area contributed by atoms with Crippen LogP contribution in [0.1, 0.15) is 38.5 Å². The molecule has 4 heterocycles. The second-order valence-electron chi connectivity index (χ2n) is 9.48. The topological polar surface area (TPSA) is 87.1 Å². The third kappa shape index (κ3) is 4.11. The molecule has 1 aromatic carbocycles. The molecule has 2 N–H and O–H groups in total. The number of hydrogen-bond acceptors (Lipinski definition) is 8. The SMILES string of the molecule is CSc1cc(-c2ccc(-c3ncc(N(C4CC4)C4C[C@H]5CC[C@@H](C4)N5)nn3)c(O)c2)c(F)cn1. The fourth-order valence-corrected chi connectivity index (χ4v) is 5.82. The van der Waals surface area contributed by atoms with Crippen LogP contribution in [0, 0.1) is 5.82 Å². The van der Waals surface area contributed by atoms with Gasteiger partial charge in [-0.25, -0.2) is 14.4 Å². The van der Waals surface area contributed by atoms with E-state index in [0.29, 0.717) is 51.7 Å². The molecule has 176 valence electrons. The maximum absolute atomic E-state index is 14.3. The lowest BCUT2D eigenvalue weighted by Gasteiger charge is -2.38. The number of benzene rings is 1. The van der Waals surface area contributed by atoms with Gasteiger partial charge in [0.1, 0.15) is 11.6 Å². The fourth-order valence-electron chi connectivity index (χ4n) is 5.43. The van der Waals surface area contributed by atoms with Crippen molar-refractivity contribution in [3.63, 3.8) is 0 Å². The van der Waals surface area contributed by atoms with Gasteiger partial charge in [-0.1, -0.05) is 6.07 Å². The van der Waals surface area contributed by atoms with E-state index in [-0.39, 0.29) is 5.75 Å². The van der Waals surface area contributed by atoms with Gasteiger partial charge in [-0.2, -0.15) is 0 Å². The number of fused-ring (bicyclic) bond motifs is 2. The zero-order valence-corrected chi connectivity index (χ0v) is 19.8. The molecule has 1 aliphatic carbocycles. The lowest BCUT2D eigenvalue weighted by atomic mass is 9.98. The van der Waals surface area contributed by atoms with Crippen LogP contribution in [-0.2, 0) is 0 Å². The molecule has 0 radical (unpaired) electrons. The second kappa shape index (κ2) is 8.78. The standard InChI is InChI=1S/C25H27FN6OS/c1-34-24-11-20(21(26)12-27-24)14-2-7-19(22(33)8-14)25-28-13-23(30-31-25)32(17-5-6-17)18-9-15-3-4-16(10-18)29-15/h2,7-8,11-13,15-18,29,33H,3-6,9-10H2,1H3/t15-,16+,18?. The molecule has 34 heavy (non-hydrogen) atoms. The van der Waals surface area contributed by atoms with Crippen LogP contribution in [0.4, 0.5) is 10.2 Å². The van der Waals surface area contributed by atoms with E-state index in [9.17, 15) is 9.50 Å². The minimum atomic E-state index is -0.432. The van der Waals surface area contributed by atoms with Crippen molar-refractivity contribution in [2.24, 2.45) is 0 Å². The summed E-state index contributed by atoms with van der Waals surface area (Å²) in [5, 5.41) is 24.0. The van der Waals surface area contributed by atoms with Crippen molar-refractivity contribution >= 4 is 17.6 Å². The quantitative estimate of drug-likeness (QED) is 0.504. The number of halogens is 1. The highest BCUT2D eigenvalue weighted by molar-refractivity contribution is 7.98. The number of nitrogens with zero attached hydrogens (tertiary/aromatic N) is 5. The molecule has 3 atom stereocenters. The Bertz CT molecular complexity index is 1190. The van der Waals surface area contributed by atoms with Crippen LogP contribution in [0.25, 0.3) is 22.5 Å². The first-order valence-corrected chi connectivity index (χ1v) is 13.1. The molecular formula is C25H27FN6OS. The van der Waals surface area contributed by atoms with Crippen molar-refractivity contribution < 1.29 is 9.50 Å². The van der Waals surface area contributed by atoms with Crippen LogP contribution in [-0.4, -0.2) is 55.7 Å². The number of anilines is 1. The van der Waals surface area contributed by atoms with Crippen molar-refractivity contribution in [2.75, 3.05) is 11.2 Å². The van der Waals surface area contributed by atoms with Gasteiger partial charge < -0.3 is 15.3 Å². The normalized spacial score (nSPS) is 23.8. The van der Waals surface area contributed by atoms with Gasteiger partial charge in [0.15, 0.2) is 11.6 Å². The van der Waals surface area contributed by atoms with Gasteiger partial charge in [-0.3, -0.25) is 0 Å². The van der Waals surface area contributed by atoms with Crippen molar-refractivity contribution in [1.82, 2.24) is 25.5 Å². The Hall–Kier alpha value is -2.78. The van der Waals surface area contributed by atoms with Crippen LogP contribution in [0.3, 0.4) is 0 Å². The zero-order chi connectivity index (χ0) is 23.2. The number of pyridine rings is 1. The Labute approximate surface area is 202 Å². The number of thioether (sulfide) groups is 1. The highest BCUT2D eigenvalue weighted by atomic mass is 32.2. The van der Waals surface area contributed by atoms with Crippen LogP contribution >= 0.6 is 11.8 Å². The second-order valence-corrected chi connectivity index (χ2v) is 10.3. The molecule has 0 amide bonds. The van der Waals surface area contributed by atoms with Gasteiger partial charge in [-0.15, -0.1) is 22.0 Å². The summed E-state index contributed by atoms with van der Waals surface area (Å²) in [4.78, 5) is 11.0. The Balaban J connectivity index is 1.25. The molecule has 3 aromatic rings. The van der Waals surface area contributed by atoms with Gasteiger partial charge in [0.05, 0.1) is 23.0 Å². The fraction of sp³-hybridized carbons (Fsp3) is 0.440. The molecular weight excluding hydrogens is 451 g/mol. The van der Waals surface area contributed by atoms with E-state index in [1.165, 1.54) is 49.7 Å². The lowest BCUT2D eigenvalue weighted by Crippen LogP contribution is -2.49. The average molecular weight is 479 g/mol. The largest absolute Gasteiger partial charge is 0.507 e. The maximum atomic E-state index is 14.3. The Kier molecular flexibility index (Phi) is 5.61. The molecule has 2 bridgehead atoms. The number of hydrogen-bond donors (Lipinski definition) is 2. The van der Waals surface area contributed by atoms with Gasteiger partial charge in [0, 0.05) is 29.7 Å². The third-order valence-electron chi connectivity index (χ3n) is 7.18. The Morgan fingerprint density at radius 1 is 0.971 bits per heavy atom. The van der Waals surface area contributed by atoms with E-state index >= 15 is 0 Å². The Morgan fingerprint density at radius 2 is 1.76 bits per heavy atom. The van der Waals surface area contributed by atoms with Gasteiger partial charge in [-0.05, 0) is 68.5 Å². The third-order valence-corrected chi connectivity index (χ3v) is 7.83. The van der Waals surface area contributed by atoms with Crippen molar-refractivity contribution in [3.05, 3.63) is 42.5 Å². The first kappa shape index (κ1) is 21.7. The number of piperidine rings is 1. The van der Waals surface area contributed by atoms with Crippen LogP contribution in [0.15, 0.2) is 41.7 Å². The molecule has 2 saturated heterocycles. The van der Waals surface area contributed by atoms with Crippen LogP contribution < -0.4 is 10.2 Å². The van der Waals surface area contributed by atoms with E-state index in [4.69, 9.17) is 0 Å². The zero-order valence-electron chi connectivity index (χ0n) is 19.0.